The Balaban J connectivity index is 1.77. The number of halogens is 4. The van der Waals surface area contributed by atoms with Crippen molar-refractivity contribution in [3.8, 4) is 11.3 Å². The van der Waals surface area contributed by atoms with E-state index in [0.717, 1.165) is 37.8 Å². The molecular formula is C25H33F4N7O3S. The quantitative estimate of drug-likeness (QED) is 0.162. The van der Waals surface area contributed by atoms with Gasteiger partial charge in [0.05, 0.1) is 34.6 Å². The highest BCUT2D eigenvalue weighted by Gasteiger charge is 2.36. The minimum Gasteiger partial charge on any atom is -0.389 e. The van der Waals surface area contributed by atoms with Crippen LogP contribution in [0.15, 0.2) is 41.7 Å². The number of hydrogen-bond donors (Lipinski definition) is 4. The molecule has 0 aliphatic carbocycles. The Labute approximate surface area is 230 Å². The molecule has 3 aromatic rings. The SMILES string of the molecule is CC(C)(O)Cn1cc(-c2nc(Nc3ccc(S(=O)(=O)NCCCCCCCN)cc3F)ncc2C(F)(F)F)cn1. The summed E-state index contributed by atoms with van der Waals surface area (Å²) in [4.78, 5) is 7.31. The number of nitrogens with zero attached hydrogens (tertiary/aromatic N) is 4. The Bertz CT molecular complexity index is 1390. The van der Waals surface area contributed by atoms with Crippen molar-refractivity contribution in [2.24, 2.45) is 5.73 Å². The highest BCUT2D eigenvalue weighted by atomic mass is 32.2. The summed E-state index contributed by atoms with van der Waals surface area (Å²) >= 11 is 0. The molecule has 0 atom stereocenters. The highest BCUT2D eigenvalue weighted by Crippen LogP contribution is 2.36. The number of benzene rings is 1. The fraction of sp³-hybridized carbons (Fsp3) is 0.480. The summed E-state index contributed by atoms with van der Waals surface area (Å²) < 4.78 is 84.7. The van der Waals surface area contributed by atoms with Gasteiger partial charge in [-0.15, -0.1) is 0 Å². The zero-order valence-electron chi connectivity index (χ0n) is 22.2. The van der Waals surface area contributed by atoms with Gasteiger partial charge in [0.25, 0.3) is 0 Å². The number of hydrogen-bond acceptors (Lipinski definition) is 8. The van der Waals surface area contributed by atoms with Gasteiger partial charge in [0, 0.05) is 24.5 Å². The normalized spacial score (nSPS) is 12.6. The average molecular weight is 588 g/mol. The third-order valence-electron chi connectivity index (χ3n) is 5.72. The predicted molar refractivity (Wildman–Crippen MR) is 142 cm³/mol. The van der Waals surface area contributed by atoms with Crippen LogP contribution in [0.4, 0.5) is 29.2 Å². The van der Waals surface area contributed by atoms with Crippen molar-refractivity contribution in [3.05, 3.63) is 48.2 Å². The van der Waals surface area contributed by atoms with Gasteiger partial charge in [0.15, 0.2) is 0 Å². The van der Waals surface area contributed by atoms with Gasteiger partial charge in [0.1, 0.15) is 11.4 Å². The molecule has 0 aliphatic rings. The Morgan fingerprint density at radius 3 is 2.42 bits per heavy atom. The molecule has 0 fully saturated rings. The van der Waals surface area contributed by atoms with E-state index in [9.17, 15) is 31.1 Å². The molecule has 15 heteroatoms. The molecule has 0 radical (unpaired) electrons. The fourth-order valence-corrected chi connectivity index (χ4v) is 4.90. The second-order valence-corrected chi connectivity index (χ2v) is 11.7. The number of nitrogens with two attached hydrogens (primary N) is 1. The van der Waals surface area contributed by atoms with Crippen LogP contribution in [0.25, 0.3) is 11.3 Å². The standard InChI is InChI=1S/C25H33F4N7O3S/c1-24(2,37)16-36-15-17(13-32-36)22-19(25(27,28)29)14-31-23(35-22)34-21-9-8-18(12-20(21)26)40(38,39)33-11-7-5-3-4-6-10-30/h8-9,12-15,33,37H,3-7,10-11,16,30H2,1-2H3,(H,31,34,35). The molecule has 0 saturated heterocycles. The van der Waals surface area contributed by atoms with E-state index in [0.29, 0.717) is 19.2 Å². The van der Waals surface area contributed by atoms with Crippen molar-refractivity contribution in [1.82, 2.24) is 24.5 Å². The molecule has 10 nitrogen and oxygen atoms in total. The van der Waals surface area contributed by atoms with E-state index >= 15 is 0 Å². The van der Waals surface area contributed by atoms with E-state index in [1.165, 1.54) is 37.0 Å². The van der Waals surface area contributed by atoms with Crippen molar-refractivity contribution in [2.75, 3.05) is 18.4 Å². The number of aromatic nitrogens is 4. The minimum atomic E-state index is -4.79. The van der Waals surface area contributed by atoms with Gasteiger partial charge in [-0.3, -0.25) is 4.68 Å². The number of alkyl halides is 3. The van der Waals surface area contributed by atoms with Crippen molar-refractivity contribution >= 4 is 21.7 Å². The molecule has 1 aromatic carbocycles. The number of nitrogens with one attached hydrogen (secondary N) is 2. The molecule has 0 aliphatic heterocycles. The maximum atomic E-state index is 14.8. The van der Waals surface area contributed by atoms with Crippen molar-refractivity contribution in [2.45, 2.75) is 69.2 Å². The molecule has 2 aromatic heterocycles. The van der Waals surface area contributed by atoms with Crippen LogP contribution >= 0.6 is 0 Å². The first-order chi connectivity index (χ1) is 18.7. The Kier molecular flexibility index (Phi) is 10.2. The van der Waals surface area contributed by atoms with Crippen molar-refractivity contribution in [3.63, 3.8) is 0 Å². The van der Waals surface area contributed by atoms with E-state index in [1.54, 1.807) is 0 Å². The largest absolute Gasteiger partial charge is 0.419 e. The van der Waals surface area contributed by atoms with E-state index in [1.807, 2.05) is 0 Å². The first-order valence-corrected chi connectivity index (χ1v) is 14.1. The van der Waals surface area contributed by atoms with Crippen LogP contribution in [0.2, 0.25) is 0 Å². The van der Waals surface area contributed by atoms with Crippen molar-refractivity contribution < 1.29 is 31.1 Å². The molecule has 0 amide bonds. The van der Waals surface area contributed by atoms with Crippen LogP contribution in [0, 0.1) is 5.82 Å². The number of unbranched alkanes of at least 4 members (excludes halogenated alkanes) is 4. The maximum Gasteiger partial charge on any atom is 0.419 e. The molecule has 0 unspecified atom stereocenters. The summed E-state index contributed by atoms with van der Waals surface area (Å²) in [5.74, 6) is -1.31. The van der Waals surface area contributed by atoms with Crippen LogP contribution in [-0.2, 0) is 22.7 Å². The molecular weight excluding hydrogens is 554 g/mol. The van der Waals surface area contributed by atoms with Crippen LogP contribution in [-0.4, -0.2) is 52.0 Å². The summed E-state index contributed by atoms with van der Waals surface area (Å²) in [6.07, 6.45) is 2.51. The first kappa shape index (κ1) is 31.4. The minimum absolute atomic E-state index is 0.00870. The third-order valence-corrected chi connectivity index (χ3v) is 7.18. The molecule has 2 heterocycles. The van der Waals surface area contributed by atoms with E-state index < -0.39 is 38.9 Å². The second kappa shape index (κ2) is 13.0. The third kappa shape index (κ3) is 8.94. The second-order valence-electron chi connectivity index (χ2n) is 9.91. The van der Waals surface area contributed by atoms with Gasteiger partial charge in [0.2, 0.25) is 16.0 Å². The van der Waals surface area contributed by atoms with Gasteiger partial charge in [-0.05, 0) is 51.4 Å². The topological polar surface area (TPSA) is 148 Å². The van der Waals surface area contributed by atoms with Crippen molar-refractivity contribution in [1.29, 1.82) is 0 Å². The molecule has 3 rings (SSSR count). The van der Waals surface area contributed by atoms with Crippen LogP contribution in [0.5, 0.6) is 0 Å². The van der Waals surface area contributed by atoms with E-state index in [2.05, 4.69) is 25.1 Å². The van der Waals surface area contributed by atoms with Gasteiger partial charge in [-0.2, -0.15) is 18.3 Å². The average Bonchev–Trinajstić information content (AvgIpc) is 3.30. The summed E-state index contributed by atoms with van der Waals surface area (Å²) in [6, 6.07) is 3.11. The van der Waals surface area contributed by atoms with Gasteiger partial charge in [-0.25, -0.2) is 27.5 Å². The number of aliphatic hydroxyl groups is 1. The highest BCUT2D eigenvalue weighted by molar-refractivity contribution is 7.89. The van der Waals surface area contributed by atoms with E-state index in [-0.39, 0.29) is 35.2 Å². The predicted octanol–water partition coefficient (Wildman–Crippen LogP) is 4.20. The monoisotopic (exact) mass is 587 g/mol. The lowest BCUT2D eigenvalue weighted by molar-refractivity contribution is -0.137. The fourth-order valence-electron chi connectivity index (χ4n) is 3.81. The van der Waals surface area contributed by atoms with Gasteiger partial charge >= 0.3 is 6.18 Å². The summed E-state index contributed by atoms with van der Waals surface area (Å²) in [7, 11) is -3.97. The van der Waals surface area contributed by atoms with Crippen LogP contribution in [0.1, 0.15) is 51.5 Å². The first-order valence-electron chi connectivity index (χ1n) is 12.7. The lowest BCUT2D eigenvalue weighted by atomic mass is 10.1. The zero-order chi connectivity index (χ0) is 29.6. The lowest BCUT2D eigenvalue weighted by Crippen LogP contribution is -2.26. The summed E-state index contributed by atoms with van der Waals surface area (Å²) in [5, 5.41) is 16.5. The Morgan fingerprint density at radius 1 is 1.07 bits per heavy atom. The molecule has 0 saturated carbocycles. The Morgan fingerprint density at radius 2 is 1.77 bits per heavy atom. The maximum absolute atomic E-state index is 14.8. The number of rotatable bonds is 14. The molecule has 220 valence electrons. The van der Waals surface area contributed by atoms with Crippen LogP contribution < -0.4 is 15.8 Å². The molecule has 40 heavy (non-hydrogen) atoms. The molecule has 5 N–H and O–H groups in total. The van der Waals surface area contributed by atoms with Gasteiger partial charge < -0.3 is 16.2 Å². The lowest BCUT2D eigenvalue weighted by Gasteiger charge is -2.16. The van der Waals surface area contributed by atoms with Crippen LogP contribution in [0.3, 0.4) is 0 Å². The smallest absolute Gasteiger partial charge is 0.389 e. The number of anilines is 2. The van der Waals surface area contributed by atoms with Gasteiger partial charge in [-0.1, -0.05) is 19.3 Å². The summed E-state index contributed by atoms with van der Waals surface area (Å²) in [5.41, 5.74) is 2.42. The molecule has 0 bridgehead atoms. The van der Waals surface area contributed by atoms with E-state index in [4.69, 9.17) is 5.73 Å². The summed E-state index contributed by atoms with van der Waals surface area (Å²) in [6.45, 7) is 3.88. The Hall–Kier alpha value is -3.14. The molecule has 0 spiro atoms. The zero-order valence-corrected chi connectivity index (χ0v) is 23.0. The number of sulfonamides is 1.